The molecule has 0 unspecified atom stereocenters. The second-order valence-corrected chi connectivity index (χ2v) is 22.5. The van der Waals surface area contributed by atoms with Gasteiger partial charge in [0.1, 0.15) is 46.0 Å². The largest absolute Gasteiger partial charge is 0.506 e. The summed E-state index contributed by atoms with van der Waals surface area (Å²) < 4.78 is 292. The van der Waals surface area contributed by atoms with E-state index in [1.165, 1.54) is 55.5 Å². The molecule has 0 aliphatic rings. The lowest BCUT2D eigenvalue weighted by molar-refractivity contribution is -0.290. The maximum absolute atomic E-state index is 14.9. The average molecular weight is 1550 g/mol. The molecule has 0 radical (unpaired) electrons. The Balaban J connectivity index is 0.000000537. The van der Waals surface area contributed by atoms with Crippen LogP contribution in [0.1, 0.15) is 111 Å². The molecule has 14 N–H and O–H groups in total. The van der Waals surface area contributed by atoms with Crippen molar-refractivity contribution >= 4 is 57.6 Å². The van der Waals surface area contributed by atoms with Crippen LogP contribution < -0.4 is 37.5 Å². The van der Waals surface area contributed by atoms with Gasteiger partial charge in [-0.3, -0.25) is 19.2 Å². The molecule has 9 aromatic carbocycles. The van der Waals surface area contributed by atoms with E-state index in [-0.39, 0.29) is 69.2 Å². The van der Waals surface area contributed by atoms with Crippen molar-refractivity contribution in [3.63, 3.8) is 0 Å². The normalized spacial score (nSPS) is 12.3. The summed E-state index contributed by atoms with van der Waals surface area (Å²) in [5.41, 5.74) is -16.3. The molecule has 35 heteroatoms. The highest BCUT2D eigenvalue weighted by molar-refractivity contribution is 6.07. The van der Waals surface area contributed by atoms with Crippen LogP contribution in [0, 0.1) is 0 Å². The van der Waals surface area contributed by atoms with Gasteiger partial charge in [0, 0.05) is 29.3 Å². The van der Waals surface area contributed by atoms with Crippen molar-refractivity contribution < 1.29 is 134 Å². The minimum Gasteiger partial charge on any atom is -0.506 e. The van der Waals surface area contributed by atoms with E-state index < -0.39 is 173 Å². The second kappa shape index (κ2) is 32.3. The van der Waals surface area contributed by atoms with Crippen molar-refractivity contribution in [3.05, 3.63) is 238 Å². The van der Waals surface area contributed by atoms with Crippen molar-refractivity contribution in [2.45, 2.75) is 89.9 Å². The number of hydrogen-bond acceptors (Lipinski definition) is 14. The van der Waals surface area contributed by atoms with Gasteiger partial charge in [0.2, 0.25) is 16.2 Å². The second-order valence-electron chi connectivity index (χ2n) is 22.5. The summed E-state index contributed by atoms with van der Waals surface area (Å²) in [7, 11) is 1.16. The van der Waals surface area contributed by atoms with Crippen LogP contribution in [0.4, 0.5) is 113 Å². The third-order valence-corrected chi connectivity index (χ3v) is 16.2. The van der Waals surface area contributed by atoms with Gasteiger partial charge in [-0.25, -0.2) is 0 Å². The number of aromatic hydroxyl groups is 6. The number of Topliss-reactive ketones (excluding diaryl/α,β-unsaturated/α-hetero) is 1. The number of carbonyl (C=O) groups excluding carboxylic acids is 4. The van der Waals surface area contributed by atoms with Gasteiger partial charge in [0.05, 0.1) is 34.1 Å². The zero-order chi connectivity index (χ0) is 79.5. The summed E-state index contributed by atoms with van der Waals surface area (Å²) in [4.78, 5) is 50.9. The van der Waals surface area contributed by atoms with Crippen molar-refractivity contribution in [1.82, 2.24) is 0 Å². The fraction of sp³-hybridized carbons (Fsp3) is 0.205. The number of amides is 3. The first kappa shape index (κ1) is 83.1. The number of benzene rings is 9. The van der Waals surface area contributed by atoms with Crippen LogP contribution in [0.5, 0.6) is 46.0 Å². The summed E-state index contributed by atoms with van der Waals surface area (Å²) in [6, 6.07) is 22.9. The number of rotatable bonds is 19. The molecule has 0 heterocycles. The number of alkyl halides is 18. The Morgan fingerprint density at radius 3 is 0.870 bits per heavy atom. The molecular weight excluding hydrogens is 1480 g/mol. The fourth-order valence-electron chi connectivity index (χ4n) is 11.0. The molecule has 0 bridgehead atoms. The third kappa shape index (κ3) is 16.7. The molecule has 3 amide bonds. The van der Waals surface area contributed by atoms with Crippen molar-refractivity contribution in [1.29, 1.82) is 4.29 Å². The summed E-state index contributed by atoms with van der Waals surface area (Å²) >= 11 is 0. The predicted molar refractivity (Wildman–Crippen MR) is 366 cm³/mol. The monoisotopic (exact) mass is 1550 g/mol. The Labute approximate surface area is 607 Å². The van der Waals surface area contributed by atoms with E-state index in [4.69, 9.17) is 20.5 Å². The number of phenolic OH excluding ortho intramolecular Hbond substituents is 6. The molecule has 9 rings (SSSR count). The predicted octanol–water partition coefficient (Wildman–Crippen LogP) is 19.3. The lowest BCUT2D eigenvalue weighted by Gasteiger charge is -2.38. The van der Waals surface area contributed by atoms with Gasteiger partial charge >= 0.3 is 37.1 Å². The van der Waals surface area contributed by atoms with Gasteiger partial charge in [-0.05, 0) is 174 Å². The standard InChI is InChI=1S/C45H32F12N4O7.C24H18F6N2O4.4CH4/c1-59-31-19-25(7-15-35(31)63)41(44(52,53)54,45(55,56)57)27-9-17-37(65)33(21-27)61-39(67)23-4-12-29(13-5-23)68-28-10-2-22(3-11-28)38(66)60-32-20-26(8-16-36(32)64)40(42(46,47)48,43(49,50)51)24-6-14-34(62)30(58)18-24;1-12(33)13-3-2-4-14(9-13)21(36)32-18-11-16(6-8-20(18)35)22(23(25,26)27,24(28,29)30)15-5-7-19(34)17(31)10-15;;;;/h2-21,59,62-65H,58H2,1H3,(H,60,66)(H,61,67);2-11,34-35H,31H2,1H3,(H,32,36);4*1H4/i/hD3. The molecule has 0 atom stereocenters. The molecule has 0 aromatic heterocycles. The lowest BCUT2D eigenvalue weighted by Crippen LogP contribution is -2.54. The first-order valence-corrected chi connectivity index (χ1v) is 29.1. The third-order valence-electron chi connectivity index (χ3n) is 16.2. The summed E-state index contributed by atoms with van der Waals surface area (Å²) in [6.45, 7) is 1.23. The number of phenols is 6. The Morgan fingerprint density at radius 1 is 0.343 bits per heavy atom. The first-order valence-electron chi connectivity index (χ1n) is 30.4. The van der Waals surface area contributed by atoms with E-state index in [1.807, 2.05) is 0 Å². The molecule has 0 fully saturated rings. The van der Waals surface area contributed by atoms with E-state index >= 15 is 0 Å². The topological polar surface area (TPSA) is 299 Å². The van der Waals surface area contributed by atoms with E-state index in [9.17, 15) is 114 Å². The van der Waals surface area contributed by atoms with Crippen LogP contribution >= 0.6 is 0 Å². The van der Waals surface area contributed by atoms with Crippen molar-refractivity contribution in [3.8, 4) is 46.0 Å². The number of anilines is 6. The maximum atomic E-state index is 14.9. The van der Waals surface area contributed by atoms with Crippen LogP contribution in [0.3, 0.4) is 0 Å². The van der Waals surface area contributed by atoms with Crippen molar-refractivity contribution in [2.75, 3.05) is 39.8 Å². The van der Waals surface area contributed by atoms with Crippen LogP contribution in [-0.2, 0) is 16.2 Å². The molecule has 0 spiro atoms. The van der Waals surface area contributed by atoms with E-state index in [0.29, 0.717) is 109 Å². The minimum absolute atomic E-state index is 0. The average Bonchev–Trinajstić information content (AvgIpc) is 0.725. The zero-order valence-electron chi connectivity index (χ0n) is 55.4. The number of nitrogens with one attached hydrogen (secondary N) is 4. The smallest absolute Gasteiger partial charge is 0.411 e. The van der Waals surface area contributed by atoms with Gasteiger partial charge in [-0.2, -0.15) is 79.0 Å². The van der Waals surface area contributed by atoms with Gasteiger partial charge in [-0.1, -0.05) is 78.2 Å². The molecular formula is C73H66F18N6O11. The van der Waals surface area contributed by atoms with Gasteiger partial charge in [0.15, 0.2) is 5.78 Å². The van der Waals surface area contributed by atoms with Crippen LogP contribution in [0.15, 0.2) is 182 Å². The molecule has 9 aromatic rings. The molecule has 108 heavy (non-hydrogen) atoms. The lowest BCUT2D eigenvalue weighted by atomic mass is 9.72. The molecule has 580 valence electrons. The zero-order valence-corrected chi connectivity index (χ0v) is 52.4. The Morgan fingerprint density at radius 2 is 0.602 bits per heavy atom. The van der Waals surface area contributed by atoms with Crippen LogP contribution in [-0.4, -0.2) is 103 Å². The summed E-state index contributed by atoms with van der Waals surface area (Å²) in [5, 5.41) is 51.0. The Hall–Kier alpha value is -12.2. The van der Waals surface area contributed by atoms with E-state index in [1.54, 1.807) is 0 Å². The maximum Gasteiger partial charge on any atom is 0.411 e. The Kier molecular flexibility index (Phi) is 24.8. The van der Waals surface area contributed by atoms with E-state index in [2.05, 4.69) is 36.6 Å². The molecule has 0 saturated carbocycles. The first-order chi connectivity index (χ1) is 49.8. The summed E-state index contributed by atoms with van der Waals surface area (Å²) in [5.74, 6) is -7.56. The Bertz CT molecular complexity index is 4790. The SMILES string of the molecule is C.C.C.C.[2H]Oc1ccc(C(c2ccc(O)c(N)c2)(C(F)(F)F)C(F)(F)F)cc1NC(=O)c1ccc(Oc2ccc(C(=O)Nc3cc(C(c4ccc(O)c(NC)c4)(C(F)(F)F)C(F)(F)F)ccc3O[2H])cc2)cc1.[2H]Oc1ccc(C(c2ccc(O)c(N)c2)(C(F)(F)F)C(F)(F)F)cc1NC(=O)c1cccc(C(C)=O)c1. The molecule has 17 nitrogen and oxygen atoms in total. The van der Waals surface area contributed by atoms with Gasteiger partial charge < -0.3 is 68.1 Å². The highest BCUT2D eigenvalue weighted by Crippen LogP contribution is 2.61. The number of ketones is 1. The number of hydrogen-bond donors (Lipinski definition) is 12. The van der Waals surface area contributed by atoms with Gasteiger partial charge in [-0.15, -0.1) is 0 Å². The number of nitrogens with two attached hydrogens (primary N) is 2. The van der Waals surface area contributed by atoms with Crippen molar-refractivity contribution in [2.24, 2.45) is 0 Å². The number of ether oxygens (including phenoxy) is 1. The molecule has 0 saturated heterocycles. The quantitative estimate of drug-likeness (QED) is 0.0155. The number of halogens is 18. The number of carbonyl (C=O) groups is 4. The highest BCUT2D eigenvalue weighted by atomic mass is 19.4. The molecule has 0 aliphatic heterocycles. The fourth-order valence-corrected chi connectivity index (χ4v) is 11.0. The summed E-state index contributed by atoms with van der Waals surface area (Å²) in [6.07, 6.45) is -36.3. The van der Waals surface area contributed by atoms with Crippen LogP contribution in [0.2, 0.25) is 0 Å². The number of nitrogen functional groups attached to an aromatic ring is 2. The van der Waals surface area contributed by atoms with Gasteiger partial charge in [0.25, 0.3) is 22.0 Å². The minimum atomic E-state index is -6.09. The van der Waals surface area contributed by atoms with E-state index in [0.717, 1.165) is 31.3 Å². The highest BCUT2D eigenvalue weighted by Gasteiger charge is 2.75. The molecule has 0 aliphatic carbocycles. The van der Waals surface area contributed by atoms with Crippen LogP contribution in [0.25, 0.3) is 0 Å².